The van der Waals surface area contributed by atoms with Crippen molar-refractivity contribution in [1.29, 1.82) is 0 Å². The number of amides is 4. The lowest BCUT2D eigenvalue weighted by Crippen LogP contribution is -2.32. The molecular weight excluding hydrogens is 942 g/mol. The molecule has 4 amide bonds. The second kappa shape index (κ2) is 24.2. The van der Waals surface area contributed by atoms with E-state index in [0.717, 1.165) is 25.0 Å². The summed E-state index contributed by atoms with van der Waals surface area (Å²) in [6.45, 7) is 2.28. The van der Waals surface area contributed by atoms with E-state index in [2.05, 4.69) is 41.7 Å². The number of benzene rings is 5. The molecule has 0 aliphatic carbocycles. The number of aryl methyl sites for hydroxylation is 2. The second-order valence-corrected chi connectivity index (χ2v) is 15.7. The van der Waals surface area contributed by atoms with E-state index in [1.807, 2.05) is 24.3 Å². The molecule has 5 aromatic carbocycles. The summed E-state index contributed by atoms with van der Waals surface area (Å²) in [6, 6.07) is 23.3. The fraction of sp³-hybridized carbons (Fsp3) is 0.200. The molecule has 0 aliphatic rings. The first-order chi connectivity index (χ1) is 31.2. The number of halogens is 5. The van der Waals surface area contributed by atoms with E-state index in [9.17, 15) is 28.8 Å². The summed E-state index contributed by atoms with van der Waals surface area (Å²) in [5, 5.41) is 26.8. The van der Waals surface area contributed by atoms with Crippen LogP contribution in [0.2, 0.25) is 10.0 Å². The highest BCUT2D eigenvalue weighted by atomic mass is 35.5. The SMILES string of the molecule is CC(=O)C(N=Nc1cc(C(=O)Nc2ccc(CCCl)cc2)ccc1Cl)C(=O)Nc1ccc(NC(=O)C(N=Nc2cc(C(=O)Nc3ccc(CCCl)cc3)ccc2Cl)C(C)=O)c(OCCl)c1. The monoisotopic (exact) mass is 978 g/mol. The van der Waals surface area contributed by atoms with E-state index in [-0.39, 0.29) is 55.7 Å². The number of rotatable bonds is 20. The number of Topliss-reactive ketones (excluding diaryl/α,β-unsaturated/α-hetero) is 2. The molecule has 0 heterocycles. The molecule has 0 spiro atoms. The Bertz CT molecular complexity index is 2630. The van der Waals surface area contributed by atoms with Gasteiger partial charge in [0.25, 0.3) is 23.6 Å². The Balaban J connectivity index is 1.26. The molecule has 336 valence electrons. The summed E-state index contributed by atoms with van der Waals surface area (Å²) >= 11 is 30.1. The third-order valence-corrected chi connectivity index (χ3v) is 10.3. The average molecular weight is 981 g/mol. The second-order valence-electron chi connectivity index (χ2n) is 13.9. The third kappa shape index (κ3) is 14.4. The molecule has 4 N–H and O–H groups in total. The van der Waals surface area contributed by atoms with Gasteiger partial charge in [-0.3, -0.25) is 28.8 Å². The Morgan fingerprint density at radius 2 is 0.969 bits per heavy atom. The maximum atomic E-state index is 13.4. The molecular formula is C45H39Cl5N8O7. The lowest BCUT2D eigenvalue weighted by Gasteiger charge is -2.15. The van der Waals surface area contributed by atoms with Crippen molar-refractivity contribution in [3.8, 4) is 5.75 Å². The van der Waals surface area contributed by atoms with Crippen LogP contribution in [-0.2, 0) is 32.0 Å². The summed E-state index contributed by atoms with van der Waals surface area (Å²) in [5.74, 6) is -3.16. The molecule has 2 unspecified atom stereocenters. The number of hydrogen-bond donors (Lipinski definition) is 4. The lowest BCUT2D eigenvalue weighted by atomic mass is 10.1. The van der Waals surface area contributed by atoms with E-state index in [1.165, 1.54) is 54.6 Å². The van der Waals surface area contributed by atoms with Crippen LogP contribution in [0.25, 0.3) is 0 Å². The highest BCUT2D eigenvalue weighted by Crippen LogP contribution is 2.32. The standard InChI is InChI=1S/C45H39Cl5N8O7/c1-25(59)40(57-55-37-21-29(7-14-34(37)49)42(61)51-31-9-3-27(4-10-31)17-19-46)44(63)53-33-13-16-36(39(23-33)65-24-48)54-45(64)41(26(2)60)58-56-38-22-30(8-15-35(38)50)43(62)52-32-11-5-28(6-12-32)18-20-47/h3-16,21-23,40-41H,17-20,24H2,1-2H3,(H,51,61)(H,52,62)(H,53,63)(H,54,64). The van der Waals surface area contributed by atoms with Crippen LogP contribution in [-0.4, -0.2) is 65.1 Å². The lowest BCUT2D eigenvalue weighted by molar-refractivity contribution is -0.127. The van der Waals surface area contributed by atoms with Crippen molar-refractivity contribution < 1.29 is 33.5 Å². The van der Waals surface area contributed by atoms with Gasteiger partial charge in [-0.05, 0) is 111 Å². The minimum absolute atomic E-state index is 0.0193. The summed E-state index contributed by atoms with van der Waals surface area (Å²) in [4.78, 5) is 78.1. The molecule has 0 saturated carbocycles. The van der Waals surface area contributed by atoms with Crippen molar-refractivity contribution in [2.24, 2.45) is 20.5 Å². The van der Waals surface area contributed by atoms with Gasteiger partial charge >= 0.3 is 0 Å². The van der Waals surface area contributed by atoms with Gasteiger partial charge < -0.3 is 26.0 Å². The minimum atomic E-state index is -1.66. The highest BCUT2D eigenvalue weighted by Gasteiger charge is 2.27. The van der Waals surface area contributed by atoms with Gasteiger partial charge in [-0.15, -0.1) is 23.2 Å². The van der Waals surface area contributed by atoms with Gasteiger partial charge in [0.05, 0.1) is 15.7 Å². The topological polar surface area (TPSA) is 209 Å². The van der Waals surface area contributed by atoms with Gasteiger partial charge in [-0.1, -0.05) is 59.1 Å². The number of nitrogens with zero attached hydrogens (tertiary/aromatic N) is 4. The van der Waals surface area contributed by atoms with Gasteiger partial charge in [-0.2, -0.15) is 20.5 Å². The van der Waals surface area contributed by atoms with Gasteiger partial charge in [0.2, 0.25) is 12.1 Å². The Hall–Kier alpha value is -6.23. The summed E-state index contributed by atoms with van der Waals surface area (Å²) < 4.78 is 5.49. The van der Waals surface area contributed by atoms with Crippen LogP contribution in [0.1, 0.15) is 45.7 Å². The molecule has 0 aliphatic heterocycles. The number of nitrogens with one attached hydrogen (secondary N) is 4. The molecule has 20 heteroatoms. The number of ether oxygens (including phenoxy) is 1. The predicted molar refractivity (Wildman–Crippen MR) is 254 cm³/mol. The first-order valence-corrected chi connectivity index (χ1v) is 21.8. The van der Waals surface area contributed by atoms with Crippen LogP contribution >= 0.6 is 58.0 Å². The maximum Gasteiger partial charge on any atom is 0.258 e. The molecule has 0 aromatic heterocycles. The molecule has 0 bridgehead atoms. The molecule has 65 heavy (non-hydrogen) atoms. The highest BCUT2D eigenvalue weighted by molar-refractivity contribution is 6.33. The Morgan fingerprint density at radius 3 is 1.38 bits per heavy atom. The fourth-order valence-corrected chi connectivity index (χ4v) is 6.63. The molecule has 0 saturated heterocycles. The molecule has 2 atom stereocenters. The van der Waals surface area contributed by atoms with Crippen LogP contribution in [0, 0.1) is 0 Å². The molecule has 5 rings (SSSR count). The quantitative estimate of drug-likeness (QED) is 0.0336. The number of anilines is 4. The van der Waals surface area contributed by atoms with Crippen LogP contribution in [0.4, 0.5) is 34.1 Å². The van der Waals surface area contributed by atoms with E-state index in [4.69, 9.17) is 62.7 Å². The molecule has 5 aromatic rings. The zero-order chi connectivity index (χ0) is 47.0. The fourth-order valence-electron chi connectivity index (χ4n) is 5.77. The van der Waals surface area contributed by atoms with E-state index in [1.54, 1.807) is 24.3 Å². The third-order valence-electron chi connectivity index (χ3n) is 9.15. The number of ketones is 2. The first kappa shape index (κ1) is 49.8. The molecule has 0 radical (unpaired) electrons. The average Bonchev–Trinajstić information content (AvgIpc) is 3.27. The molecule has 15 nitrogen and oxygen atoms in total. The smallest absolute Gasteiger partial charge is 0.258 e. The van der Waals surface area contributed by atoms with Crippen LogP contribution in [0.3, 0.4) is 0 Å². The minimum Gasteiger partial charge on any atom is -0.476 e. The van der Waals surface area contributed by atoms with E-state index in [0.29, 0.717) is 36.0 Å². The number of hydrogen-bond acceptors (Lipinski definition) is 11. The first-order valence-electron chi connectivity index (χ1n) is 19.5. The van der Waals surface area contributed by atoms with Gasteiger partial charge in [0, 0.05) is 46.0 Å². The van der Waals surface area contributed by atoms with Gasteiger partial charge in [-0.25, -0.2) is 0 Å². The Kier molecular flexibility index (Phi) is 18.5. The summed E-state index contributed by atoms with van der Waals surface area (Å²) in [6.07, 6.45) is 1.37. The number of carbonyl (C=O) groups is 6. The number of alkyl halides is 3. The van der Waals surface area contributed by atoms with E-state index >= 15 is 0 Å². The summed E-state index contributed by atoms with van der Waals surface area (Å²) in [7, 11) is 0. The predicted octanol–water partition coefficient (Wildman–Crippen LogP) is 11.0. The van der Waals surface area contributed by atoms with Crippen molar-refractivity contribution >= 4 is 127 Å². The van der Waals surface area contributed by atoms with Crippen molar-refractivity contribution in [1.82, 2.24) is 0 Å². The van der Waals surface area contributed by atoms with Crippen LogP contribution in [0.5, 0.6) is 5.75 Å². The molecule has 0 fully saturated rings. The van der Waals surface area contributed by atoms with Crippen molar-refractivity contribution in [3.63, 3.8) is 0 Å². The maximum absolute atomic E-state index is 13.4. The summed E-state index contributed by atoms with van der Waals surface area (Å²) in [5.41, 5.74) is 3.67. The largest absolute Gasteiger partial charge is 0.476 e. The van der Waals surface area contributed by atoms with Crippen LogP contribution < -0.4 is 26.0 Å². The zero-order valence-electron chi connectivity index (χ0n) is 34.5. The Morgan fingerprint density at radius 1 is 0.538 bits per heavy atom. The Labute approximate surface area is 398 Å². The van der Waals surface area contributed by atoms with E-state index < -0.39 is 47.3 Å². The van der Waals surface area contributed by atoms with Crippen molar-refractivity contribution in [2.75, 3.05) is 39.1 Å². The normalized spacial score (nSPS) is 12.0. The number of azo groups is 2. The van der Waals surface area contributed by atoms with Crippen molar-refractivity contribution in [3.05, 3.63) is 135 Å². The van der Waals surface area contributed by atoms with Gasteiger partial charge in [0.1, 0.15) is 17.1 Å². The van der Waals surface area contributed by atoms with Crippen LogP contribution in [0.15, 0.2) is 124 Å². The number of carbonyl (C=O) groups excluding carboxylic acids is 6. The van der Waals surface area contributed by atoms with Gasteiger partial charge in [0.15, 0.2) is 17.6 Å². The zero-order valence-corrected chi connectivity index (χ0v) is 38.3. The van der Waals surface area contributed by atoms with Crippen molar-refractivity contribution in [2.45, 2.75) is 38.8 Å².